The predicted octanol–water partition coefficient (Wildman–Crippen LogP) is 1.57. The molecule has 0 amide bonds. The van der Waals surface area contributed by atoms with Crippen LogP contribution in [-0.4, -0.2) is 30.3 Å². The molecule has 1 aromatic carbocycles. The van der Waals surface area contributed by atoms with Crippen LogP contribution in [0.5, 0.6) is 0 Å². The smallest absolute Gasteiger partial charge is 0.423 e. The molecule has 1 rings (SSSR count). The summed E-state index contributed by atoms with van der Waals surface area (Å²) in [7, 11) is -1.54. The van der Waals surface area contributed by atoms with Crippen LogP contribution >= 0.6 is 11.6 Å². The summed E-state index contributed by atoms with van der Waals surface area (Å²) >= 11 is 6.00. The molecule has 0 unspecified atom stereocenters. The van der Waals surface area contributed by atoms with Crippen molar-refractivity contribution in [1.29, 1.82) is 0 Å². The van der Waals surface area contributed by atoms with E-state index in [0.29, 0.717) is 17.0 Å². The average Bonchev–Trinajstić information content (AvgIpc) is 2.45. The zero-order chi connectivity index (χ0) is 16.5. The van der Waals surface area contributed by atoms with Crippen LogP contribution in [0.2, 0.25) is 5.02 Å². The number of nitrogens with one attached hydrogen (secondary N) is 2. The van der Waals surface area contributed by atoms with Crippen LogP contribution in [0.4, 0.5) is 0 Å². The fourth-order valence-electron chi connectivity index (χ4n) is 2.01. The van der Waals surface area contributed by atoms with Crippen LogP contribution in [0.15, 0.2) is 42.1 Å². The highest BCUT2D eigenvalue weighted by atomic mass is 35.5. The Balaban J connectivity index is 2.37. The van der Waals surface area contributed by atoms with E-state index in [2.05, 4.69) is 30.2 Å². The van der Waals surface area contributed by atoms with Crippen LogP contribution in [0.1, 0.15) is 25.8 Å². The first-order valence-corrected chi connectivity index (χ1v) is 7.78. The van der Waals surface area contributed by atoms with Crippen molar-refractivity contribution in [2.75, 3.05) is 13.1 Å². The van der Waals surface area contributed by atoms with Crippen molar-refractivity contribution in [3.8, 4) is 0 Å². The van der Waals surface area contributed by atoms with Crippen molar-refractivity contribution in [2.24, 2.45) is 0 Å². The molecule has 0 heterocycles. The van der Waals surface area contributed by atoms with Gasteiger partial charge in [-0.25, -0.2) is 0 Å². The maximum atomic E-state index is 9.12. The van der Waals surface area contributed by atoms with Crippen molar-refractivity contribution in [2.45, 2.75) is 26.8 Å². The van der Waals surface area contributed by atoms with Gasteiger partial charge in [-0.2, -0.15) is 0 Å². The monoisotopic (exact) mass is 322 g/mol. The molecule has 6 heteroatoms. The molecule has 0 radical (unpaired) electrons. The maximum absolute atomic E-state index is 9.12. The van der Waals surface area contributed by atoms with Gasteiger partial charge < -0.3 is 20.7 Å². The topological polar surface area (TPSA) is 64.5 Å². The first-order valence-electron chi connectivity index (χ1n) is 7.40. The molecule has 0 aliphatic rings. The molecular weight excluding hydrogens is 298 g/mol. The molecule has 4 N–H and O–H groups in total. The number of hydrogen-bond acceptors (Lipinski definition) is 4. The molecule has 0 aromatic heterocycles. The largest absolute Gasteiger partial charge is 0.489 e. The molecule has 22 heavy (non-hydrogen) atoms. The van der Waals surface area contributed by atoms with E-state index in [1.54, 1.807) is 12.1 Å². The Morgan fingerprint density at radius 3 is 2.64 bits per heavy atom. The molecule has 0 atom stereocenters. The molecule has 0 fully saturated rings. The van der Waals surface area contributed by atoms with E-state index in [0.717, 1.165) is 36.3 Å². The highest BCUT2D eigenvalue weighted by Crippen LogP contribution is 2.09. The minimum Gasteiger partial charge on any atom is -0.423 e. The fourth-order valence-corrected chi connectivity index (χ4v) is 2.31. The van der Waals surface area contributed by atoms with E-state index in [-0.39, 0.29) is 0 Å². The Labute approximate surface area is 138 Å². The highest BCUT2D eigenvalue weighted by Gasteiger charge is 2.14. The second-order valence-corrected chi connectivity index (χ2v) is 5.55. The van der Waals surface area contributed by atoms with Gasteiger partial charge in [0, 0.05) is 35.8 Å². The van der Waals surface area contributed by atoms with Crippen LogP contribution in [-0.2, 0) is 6.54 Å². The molecule has 0 aliphatic carbocycles. The van der Waals surface area contributed by atoms with Gasteiger partial charge >= 0.3 is 7.12 Å². The summed E-state index contributed by atoms with van der Waals surface area (Å²) < 4.78 is 0. The van der Waals surface area contributed by atoms with Gasteiger partial charge in [0.15, 0.2) is 0 Å². The number of allylic oxidation sites excluding steroid dienone is 2. The van der Waals surface area contributed by atoms with Crippen LogP contribution < -0.4 is 16.1 Å². The van der Waals surface area contributed by atoms with Gasteiger partial charge in [-0.1, -0.05) is 43.3 Å². The minimum atomic E-state index is -1.54. The Kier molecular flexibility index (Phi) is 8.27. The van der Waals surface area contributed by atoms with Gasteiger partial charge in [-0.3, -0.25) is 0 Å². The number of hydrogen-bond donors (Lipinski definition) is 4. The quantitative estimate of drug-likeness (QED) is 0.317. The van der Waals surface area contributed by atoms with E-state index in [4.69, 9.17) is 21.6 Å². The average molecular weight is 323 g/mol. The van der Waals surface area contributed by atoms with E-state index >= 15 is 0 Å². The van der Waals surface area contributed by atoms with Crippen molar-refractivity contribution in [1.82, 2.24) is 10.6 Å². The lowest BCUT2D eigenvalue weighted by atomic mass is 9.80. The van der Waals surface area contributed by atoms with Crippen molar-refractivity contribution < 1.29 is 10.0 Å². The van der Waals surface area contributed by atoms with E-state index in [1.165, 1.54) is 0 Å². The van der Waals surface area contributed by atoms with Crippen molar-refractivity contribution in [3.63, 3.8) is 0 Å². The van der Waals surface area contributed by atoms with Crippen LogP contribution in [0.25, 0.3) is 0 Å². The highest BCUT2D eigenvalue weighted by molar-refractivity contribution is 6.62. The third-order valence-electron chi connectivity index (χ3n) is 3.16. The standard InChI is InChI=1S/C16H24BClN2O2/c1-4-5-16(12(2)3)20-9-8-19-11-13-6-7-14(17(21)22)15(18)10-13/h5-7,10,19-22H,2,4,8-9,11H2,1,3H3/b16-5+. The molecular formula is C16H24BClN2O2. The van der Waals surface area contributed by atoms with Crippen LogP contribution in [0, 0.1) is 0 Å². The summed E-state index contributed by atoms with van der Waals surface area (Å²) in [4.78, 5) is 0. The van der Waals surface area contributed by atoms with Gasteiger partial charge in [0.1, 0.15) is 0 Å². The van der Waals surface area contributed by atoms with Crippen molar-refractivity contribution in [3.05, 3.63) is 52.7 Å². The summed E-state index contributed by atoms with van der Waals surface area (Å²) in [5.74, 6) is 0. The van der Waals surface area contributed by atoms with E-state index < -0.39 is 7.12 Å². The molecule has 0 bridgehead atoms. The molecule has 0 spiro atoms. The zero-order valence-corrected chi connectivity index (χ0v) is 14.0. The van der Waals surface area contributed by atoms with Gasteiger partial charge in [-0.15, -0.1) is 0 Å². The second kappa shape index (κ2) is 9.69. The maximum Gasteiger partial charge on any atom is 0.489 e. The summed E-state index contributed by atoms with van der Waals surface area (Å²) in [6.07, 6.45) is 3.10. The Morgan fingerprint density at radius 1 is 1.36 bits per heavy atom. The number of rotatable bonds is 9. The SMILES string of the molecule is C=C(C)/C(=C\CC)NCCNCc1ccc(B(O)O)c(Cl)c1. The molecule has 0 saturated carbocycles. The van der Waals surface area contributed by atoms with Gasteiger partial charge in [0.2, 0.25) is 0 Å². The van der Waals surface area contributed by atoms with Crippen molar-refractivity contribution >= 4 is 24.2 Å². The molecule has 4 nitrogen and oxygen atoms in total. The molecule has 120 valence electrons. The van der Waals surface area contributed by atoms with Gasteiger partial charge in [-0.05, 0) is 30.5 Å². The Morgan fingerprint density at radius 2 is 2.09 bits per heavy atom. The minimum absolute atomic E-state index is 0.322. The number of halogens is 1. The lowest BCUT2D eigenvalue weighted by Crippen LogP contribution is -2.31. The van der Waals surface area contributed by atoms with E-state index in [9.17, 15) is 0 Å². The number of benzene rings is 1. The second-order valence-electron chi connectivity index (χ2n) is 5.14. The Hall–Kier alpha value is -1.27. The summed E-state index contributed by atoms with van der Waals surface area (Å²) in [5, 5.41) is 25.3. The van der Waals surface area contributed by atoms with Gasteiger partial charge in [0.05, 0.1) is 0 Å². The summed E-state index contributed by atoms with van der Waals surface area (Å²) in [6.45, 7) is 10.3. The van der Waals surface area contributed by atoms with Crippen LogP contribution in [0.3, 0.4) is 0 Å². The van der Waals surface area contributed by atoms with E-state index in [1.807, 2.05) is 13.0 Å². The zero-order valence-electron chi connectivity index (χ0n) is 13.2. The third-order valence-corrected chi connectivity index (χ3v) is 3.48. The predicted molar refractivity (Wildman–Crippen MR) is 94.2 cm³/mol. The summed E-state index contributed by atoms with van der Waals surface area (Å²) in [6, 6.07) is 5.20. The molecule has 1 aromatic rings. The fraction of sp³-hybridized carbons (Fsp3) is 0.375. The first-order chi connectivity index (χ1) is 10.5. The third kappa shape index (κ3) is 6.24. The lowest BCUT2D eigenvalue weighted by Gasteiger charge is -2.12. The first kappa shape index (κ1) is 18.8. The Bertz CT molecular complexity index is 533. The normalized spacial score (nSPS) is 11.4. The molecule has 0 saturated heterocycles. The lowest BCUT2D eigenvalue weighted by molar-refractivity contribution is 0.426. The summed E-state index contributed by atoms with van der Waals surface area (Å²) in [5.41, 5.74) is 3.45. The molecule has 0 aliphatic heterocycles. The van der Waals surface area contributed by atoms with Gasteiger partial charge in [0.25, 0.3) is 0 Å².